The van der Waals surface area contributed by atoms with Crippen molar-refractivity contribution in [3.63, 3.8) is 0 Å². The van der Waals surface area contributed by atoms with E-state index in [0.717, 1.165) is 0 Å². The third kappa shape index (κ3) is 3.57. The molecule has 18 heavy (non-hydrogen) atoms. The van der Waals surface area contributed by atoms with Crippen LogP contribution in [0.5, 0.6) is 0 Å². The average molecular weight is 262 g/mol. The number of hydrogen-bond donors (Lipinski definition) is 0. The van der Waals surface area contributed by atoms with Crippen molar-refractivity contribution in [2.24, 2.45) is 0 Å². The normalized spacial score (nSPS) is 13.6. The molecule has 3 heteroatoms. The summed E-state index contributed by atoms with van der Waals surface area (Å²) in [6.45, 7) is 6.60. The van der Waals surface area contributed by atoms with Gasteiger partial charge in [0.2, 0.25) is 0 Å². The van der Waals surface area contributed by atoms with Crippen LogP contribution in [0.15, 0.2) is 42.5 Å². The summed E-state index contributed by atoms with van der Waals surface area (Å²) >= 11 is 0. The Balaban J connectivity index is 3.00. The summed E-state index contributed by atoms with van der Waals surface area (Å²) in [7, 11) is -0.246. The van der Waals surface area contributed by atoms with Gasteiger partial charge in [0.25, 0.3) is 0 Å². The zero-order valence-corrected chi connectivity index (χ0v) is 12.6. The minimum Gasteiger partial charge on any atom is -0.469 e. The number of rotatable bonds is 5. The van der Waals surface area contributed by atoms with Crippen molar-refractivity contribution in [1.82, 2.24) is 0 Å². The number of benzene rings is 1. The molecule has 0 saturated heterocycles. The molecule has 0 amide bonds. The highest BCUT2D eigenvalue weighted by molar-refractivity contribution is 6.91. The van der Waals surface area contributed by atoms with Gasteiger partial charge < -0.3 is 4.74 Å². The molecule has 2 nitrogen and oxygen atoms in total. The van der Waals surface area contributed by atoms with Crippen LogP contribution in [0.2, 0.25) is 18.6 Å². The molecule has 0 heterocycles. The van der Waals surface area contributed by atoms with Crippen LogP contribution in [0.25, 0.3) is 0 Å². The first-order chi connectivity index (χ1) is 8.52. The smallest absolute Gasteiger partial charge is 0.305 e. The Labute approximate surface area is 111 Å². The maximum atomic E-state index is 11.5. The minimum atomic E-state index is -1.70. The standard InChI is InChI=1S/C15H22O2Si/c1-5-9-14(12-15(16)17-2)18(3,4)13-10-7-6-8-11-13/h5-11,14H,12H2,1-4H3/b9-5+/t14-/m1/s1. The van der Waals surface area contributed by atoms with Crippen LogP contribution in [0.4, 0.5) is 0 Å². The van der Waals surface area contributed by atoms with Crippen molar-refractivity contribution in [3.8, 4) is 0 Å². The zero-order chi connectivity index (χ0) is 13.6. The van der Waals surface area contributed by atoms with Gasteiger partial charge in [-0.1, -0.05) is 60.8 Å². The summed E-state index contributed by atoms with van der Waals surface area (Å²) in [6, 6.07) is 10.5. The van der Waals surface area contributed by atoms with Crippen LogP contribution in [0.3, 0.4) is 0 Å². The van der Waals surface area contributed by atoms with Crippen molar-refractivity contribution in [3.05, 3.63) is 42.5 Å². The molecule has 0 aliphatic carbocycles. The second kappa shape index (κ2) is 6.54. The fourth-order valence-electron chi connectivity index (χ4n) is 2.14. The van der Waals surface area contributed by atoms with Gasteiger partial charge in [-0.15, -0.1) is 0 Å². The van der Waals surface area contributed by atoms with E-state index < -0.39 is 8.07 Å². The van der Waals surface area contributed by atoms with Gasteiger partial charge in [0, 0.05) is 6.42 Å². The Hall–Kier alpha value is -1.35. The molecule has 0 fully saturated rings. The fourth-order valence-corrected chi connectivity index (χ4v) is 4.97. The van der Waals surface area contributed by atoms with Gasteiger partial charge in [-0.25, -0.2) is 0 Å². The Morgan fingerprint density at radius 1 is 1.33 bits per heavy atom. The van der Waals surface area contributed by atoms with E-state index in [-0.39, 0.29) is 11.5 Å². The number of methoxy groups -OCH3 is 1. The largest absolute Gasteiger partial charge is 0.469 e. The van der Waals surface area contributed by atoms with Crippen molar-refractivity contribution in [1.29, 1.82) is 0 Å². The third-order valence-corrected chi connectivity index (χ3v) is 7.56. The first-order valence-electron chi connectivity index (χ1n) is 6.27. The van der Waals surface area contributed by atoms with Crippen LogP contribution < -0.4 is 5.19 Å². The van der Waals surface area contributed by atoms with E-state index >= 15 is 0 Å². The summed E-state index contributed by atoms with van der Waals surface area (Å²) in [5.74, 6) is -0.130. The van der Waals surface area contributed by atoms with Crippen LogP contribution >= 0.6 is 0 Å². The average Bonchev–Trinajstić information content (AvgIpc) is 2.39. The van der Waals surface area contributed by atoms with E-state index in [1.807, 2.05) is 19.1 Å². The molecule has 0 radical (unpaired) electrons. The molecule has 0 aliphatic heterocycles. The van der Waals surface area contributed by atoms with Crippen LogP contribution in [0.1, 0.15) is 13.3 Å². The molecule has 0 unspecified atom stereocenters. The van der Waals surface area contributed by atoms with Gasteiger partial charge in [0.15, 0.2) is 0 Å². The first-order valence-corrected chi connectivity index (χ1v) is 9.35. The Morgan fingerprint density at radius 2 is 1.94 bits per heavy atom. The Morgan fingerprint density at radius 3 is 2.44 bits per heavy atom. The predicted octanol–water partition coefficient (Wildman–Crippen LogP) is 3.11. The lowest BCUT2D eigenvalue weighted by atomic mass is 10.3. The fraction of sp³-hybridized carbons (Fsp3) is 0.400. The molecule has 98 valence electrons. The molecule has 0 spiro atoms. The molecule has 0 aliphatic rings. The monoisotopic (exact) mass is 262 g/mol. The lowest BCUT2D eigenvalue weighted by molar-refractivity contribution is -0.140. The topological polar surface area (TPSA) is 26.3 Å². The molecule has 1 aromatic rings. The lowest BCUT2D eigenvalue weighted by Crippen LogP contribution is -2.46. The molecular weight excluding hydrogens is 240 g/mol. The molecule has 0 bridgehead atoms. The van der Waals surface area contributed by atoms with E-state index in [9.17, 15) is 4.79 Å². The predicted molar refractivity (Wildman–Crippen MR) is 78.8 cm³/mol. The second-order valence-electron chi connectivity index (χ2n) is 5.00. The maximum Gasteiger partial charge on any atom is 0.305 e. The van der Waals surface area contributed by atoms with E-state index in [1.54, 1.807) is 0 Å². The van der Waals surface area contributed by atoms with Crippen LogP contribution in [-0.4, -0.2) is 21.2 Å². The SMILES string of the molecule is C/C=C/[C@H](CC(=O)OC)[Si](C)(C)c1ccccc1. The van der Waals surface area contributed by atoms with Crippen molar-refractivity contribution in [2.45, 2.75) is 32.0 Å². The second-order valence-corrected chi connectivity index (χ2v) is 9.76. The maximum absolute atomic E-state index is 11.5. The van der Waals surface area contributed by atoms with Crippen molar-refractivity contribution < 1.29 is 9.53 Å². The number of hydrogen-bond acceptors (Lipinski definition) is 2. The first kappa shape index (κ1) is 14.7. The van der Waals surface area contributed by atoms with E-state index in [2.05, 4.69) is 43.4 Å². The Kier molecular flexibility index (Phi) is 5.35. The summed E-state index contributed by atoms with van der Waals surface area (Å²) in [5, 5.41) is 1.37. The Bertz CT molecular complexity index is 410. The number of carbonyl (C=O) groups is 1. The lowest BCUT2D eigenvalue weighted by Gasteiger charge is -2.30. The zero-order valence-electron chi connectivity index (χ0n) is 11.6. The van der Waals surface area contributed by atoms with Crippen LogP contribution in [0, 0.1) is 0 Å². The van der Waals surface area contributed by atoms with E-state index in [0.29, 0.717) is 6.42 Å². The van der Waals surface area contributed by atoms with Gasteiger partial charge in [-0.3, -0.25) is 4.79 Å². The van der Waals surface area contributed by atoms with Gasteiger partial charge in [-0.2, -0.15) is 0 Å². The van der Waals surface area contributed by atoms with Gasteiger partial charge in [0.1, 0.15) is 0 Å². The van der Waals surface area contributed by atoms with Crippen molar-refractivity contribution in [2.75, 3.05) is 7.11 Å². The quantitative estimate of drug-likeness (QED) is 0.463. The molecule has 1 rings (SSSR count). The number of carbonyl (C=O) groups excluding carboxylic acids is 1. The molecular formula is C15H22O2Si. The summed E-state index contributed by atoms with van der Waals surface area (Å²) in [5.41, 5.74) is 0.275. The van der Waals surface area contributed by atoms with Gasteiger partial charge in [0.05, 0.1) is 15.2 Å². The summed E-state index contributed by atoms with van der Waals surface area (Å²) in [6.07, 6.45) is 4.65. The highest BCUT2D eigenvalue weighted by atomic mass is 28.3. The number of esters is 1. The molecule has 1 atom stereocenters. The van der Waals surface area contributed by atoms with Gasteiger partial charge >= 0.3 is 5.97 Å². The highest BCUT2D eigenvalue weighted by Gasteiger charge is 2.33. The minimum absolute atomic E-state index is 0.130. The summed E-state index contributed by atoms with van der Waals surface area (Å²) < 4.78 is 4.81. The van der Waals surface area contributed by atoms with E-state index in [1.165, 1.54) is 12.3 Å². The summed E-state index contributed by atoms with van der Waals surface area (Å²) in [4.78, 5) is 11.5. The van der Waals surface area contributed by atoms with Crippen molar-refractivity contribution >= 4 is 19.2 Å². The van der Waals surface area contributed by atoms with E-state index in [4.69, 9.17) is 4.74 Å². The number of allylic oxidation sites excluding steroid dienone is 2. The van der Waals surface area contributed by atoms with Crippen LogP contribution in [-0.2, 0) is 9.53 Å². The molecule has 0 aromatic heterocycles. The third-order valence-electron chi connectivity index (χ3n) is 3.48. The number of ether oxygens (including phenoxy) is 1. The molecule has 1 aromatic carbocycles. The molecule has 0 saturated carbocycles. The highest BCUT2D eigenvalue weighted by Crippen LogP contribution is 2.27. The van der Waals surface area contributed by atoms with Gasteiger partial charge in [-0.05, 0) is 12.5 Å². The molecule has 0 N–H and O–H groups in total.